The zero-order valence-corrected chi connectivity index (χ0v) is 13.8. The van der Waals surface area contributed by atoms with E-state index in [0.717, 1.165) is 6.07 Å². The minimum absolute atomic E-state index is 0.00957. The molecule has 0 bridgehead atoms. The van der Waals surface area contributed by atoms with Crippen LogP contribution in [0.5, 0.6) is 17.2 Å². The highest BCUT2D eigenvalue weighted by molar-refractivity contribution is 5.98. The number of hydrogen-bond donors (Lipinski definition) is 5. The Bertz CT molecular complexity index is 1020. The highest BCUT2D eigenvalue weighted by Gasteiger charge is 2.29. The summed E-state index contributed by atoms with van der Waals surface area (Å²) in [6.45, 7) is -1.28. The van der Waals surface area contributed by atoms with Crippen molar-refractivity contribution in [1.82, 2.24) is 0 Å². The molecule has 0 aliphatic heterocycles. The Hall–Kier alpha value is -2.81. The molecule has 8 heteroatoms. The van der Waals surface area contributed by atoms with Crippen LogP contribution in [0.1, 0.15) is 11.5 Å². The fourth-order valence-corrected chi connectivity index (χ4v) is 3.08. The van der Waals surface area contributed by atoms with E-state index in [2.05, 4.69) is 0 Å². The van der Waals surface area contributed by atoms with Crippen molar-refractivity contribution in [3.8, 4) is 17.2 Å². The van der Waals surface area contributed by atoms with Crippen molar-refractivity contribution in [3.05, 3.63) is 40.1 Å². The van der Waals surface area contributed by atoms with Crippen LogP contribution in [0.25, 0.3) is 21.9 Å². The van der Waals surface area contributed by atoms with Gasteiger partial charge in [-0.1, -0.05) is 6.07 Å². The molecule has 2 atom stereocenters. The lowest BCUT2D eigenvalue weighted by Crippen LogP contribution is -2.26. The molecular weight excluding hydrogens is 344 g/mol. The van der Waals surface area contributed by atoms with Crippen molar-refractivity contribution >= 4 is 21.9 Å². The maximum atomic E-state index is 12.9. The molecule has 0 saturated heterocycles. The molecule has 0 fully saturated rings. The lowest BCUT2D eigenvalue weighted by Gasteiger charge is -2.22. The first-order valence-electron chi connectivity index (χ1n) is 7.82. The molecule has 138 valence electrons. The van der Waals surface area contributed by atoms with Crippen molar-refractivity contribution < 1.29 is 34.7 Å². The van der Waals surface area contributed by atoms with E-state index in [0.29, 0.717) is 0 Å². The Morgan fingerprint density at radius 3 is 2.46 bits per heavy atom. The first-order valence-corrected chi connectivity index (χ1v) is 7.82. The van der Waals surface area contributed by atoms with Crippen LogP contribution in [0, 0.1) is 0 Å². The molecule has 3 rings (SSSR count). The third kappa shape index (κ3) is 2.64. The van der Waals surface area contributed by atoms with E-state index < -0.39 is 30.7 Å². The number of ether oxygens (including phenoxy) is 1. The van der Waals surface area contributed by atoms with Crippen molar-refractivity contribution in [2.45, 2.75) is 12.0 Å². The van der Waals surface area contributed by atoms with Gasteiger partial charge in [0, 0.05) is 17.5 Å². The van der Waals surface area contributed by atoms with Gasteiger partial charge in [0.25, 0.3) is 0 Å². The highest BCUT2D eigenvalue weighted by Crippen LogP contribution is 2.40. The van der Waals surface area contributed by atoms with Crippen LogP contribution < -0.4 is 10.2 Å². The Morgan fingerprint density at radius 1 is 1.12 bits per heavy atom. The van der Waals surface area contributed by atoms with Crippen LogP contribution in [0.3, 0.4) is 0 Å². The Labute approximate surface area is 147 Å². The zero-order chi connectivity index (χ0) is 19.0. The van der Waals surface area contributed by atoms with Gasteiger partial charge in [-0.25, -0.2) is 0 Å². The molecule has 1 heterocycles. The number of phenols is 2. The minimum atomic E-state index is -1.40. The summed E-state index contributed by atoms with van der Waals surface area (Å²) < 4.78 is 10.9. The van der Waals surface area contributed by atoms with Crippen LogP contribution in [-0.2, 0) is 0 Å². The molecule has 0 saturated carbocycles. The molecule has 0 unspecified atom stereocenters. The largest absolute Gasteiger partial charge is 0.507 e. The number of hydrogen-bond acceptors (Lipinski definition) is 8. The van der Waals surface area contributed by atoms with E-state index >= 15 is 0 Å². The number of aliphatic hydroxyl groups is 3. The van der Waals surface area contributed by atoms with E-state index in [1.165, 1.54) is 25.3 Å². The maximum absolute atomic E-state index is 12.9. The minimum Gasteiger partial charge on any atom is -0.507 e. The van der Waals surface area contributed by atoms with E-state index in [1.807, 2.05) is 0 Å². The summed E-state index contributed by atoms with van der Waals surface area (Å²) in [5.74, 6) is -1.74. The third-order valence-electron chi connectivity index (χ3n) is 4.37. The van der Waals surface area contributed by atoms with Crippen molar-refractivity contribution in [2.75, 3.05) is 20.3 Å². The normalized spacial score (nSPS) is 13.8. The molecule has 8 nitrogen and oxygen atoms in total. The molecule has 0 aliphatic rings. The van der Waals surface area contributed by atoms with Gasteiger partial charge in [-0.15, -0.1) is 0 Å². The van der Waals surface area contributed by atoms with Crippen LogP contribution in [0.2, 0.25) is 0 Å². The SMILES string of the molecule is COc1cc(O)c([C@H](CO)[C@@H](O)CO)c2oc3cccc(O)c3c(=O)c12. The van der Waals surface area contributed by atoms with Crippen LogP contribution in [0.15, 0.2) is 33.5 Å². The number of aliphatic hydroxyl groups excluding tert-OH is 3. The molecule has 0 radical (unpaired) electrons. The predicted octanol–water partition coefficient (Wildman–Crippen LogP) is 0.795. The van der Waals surface area contributed by atoms with Gasteiger partial charge in [0.2, 0.25) is 5.43 Å². The standard InChI is InChI=1S/C18H18O8/c1-25-13-5-10(22)14(8(6-19)11(23)7-20)18-16(13)17(24)15-9(21)3-2-4-12(15)26-18/h2-5,8,11,19-23H,6-7H2,1H3/t8-,11+/m1/s1. The molecule has 5 N–H and O–H groups in total. The van der Waals surface area contributed by atoms with Gasteiger partial charge in [-0.2, -0.15) is 0 Å². The van der Waals surface area contributed by atoms with Gasteiger partial charge < -0.3 is 34.7 Å². The zero-order valence-electron chi connectivity index (χ0n) is 13.8. The van der Waals surface area contributed by atoms with Crippen molar-refractivity contribution in [1.29, 1.82) is 0 Å². The van der Waals surface area contributed by atoms with E-state index in [9.17, 15) is 30.3 Å². The number of aromatic hydroxyl groups is 2. The van der Waals surface area contributed by atoms with Crippen LogP contribution >= 0.6 is 0 Å². The summed E-state index contributed by atoms with van der Waals surface area (Å²) in [6.07, 6.45) is -1.40. The second kappa shape index (κ2) is 6.83. The molecule has 26 heavy (non-hydrogen) atoms. The Morgan fingerprint density at radius 2 is 1.85 bits per heavy atom. The van der Waals surface area contributed by atoms with Gasteiger partial charge in [0.15, 0.2) is 0 Å². The molecular formula is C18H18O8. The summed E-state index contributed by atoms with van der Waals surface area (Å²) >= 11 is 0. The van der Waals surface area contributed by atoms with E-state index in [-0.39, 0.29) is 44.8 Å². The lowest BCUT2D eigenvalue weighted by atomic mass is 9.91. The van der Waals surface area contributed by atoms with Crippen LogP contribution in [0.4, 0.5) is 0 Å². The maximum Gasteiger partial charge on any atom is 0.208 e. The van der Waals surface area contributed by atoms with Gasteiger partial charge in [-0.3, -0.25) is 4.79 Å². The number of fused-ring (bicyclic) bond motifs is 2. The summed E-state index contributed by atoms with van der Waals surface area (Å²) in [6, 6.07) is 5.45. The van der Waals surface area contributed by atoms with Gasteiger partial charge in [0.1, 0.15) is 39.2 Å². The smallest absolute Gasteiger partial charge is 0.208 e. The first-order chi connectivity index (χ1) is 12.4. The van der Waals surface area contributed by atoms with Gasteiger partial charge in [0.05, 0.1) is 26.4 Å². The number of benzene rings is 2. The van der Waals surface area contributed by atoms with E-state index in [1.54, 1.807) is 0 Å². The van der Waals surface area contributed by atoms with Gasteiger partial charge in [-0.05, 0) is 12.1 Å². The monoisotopic (exact) mass is 362 g/mol. The number of phenolic OH excluding ortho intramolecular Hbond substituents is 2. The summed E-state index contributed by atoms with van der Waals surface area (Å²) in [5.41, 5.74) is -0.664. The van der Waals surface area contributed by atoms with Crippen molar-refractivity contribution in [3.63, 3.8) is 0 Å². The second-order valence-electron chi connectivity index (χ2n) is 5.84. The average molecular weight is 362 g/mol. The Kier molecular flexibility index (Phi) is 4.73. The molecule has 0 spiro atoms. The second-order valence-corrected chi connectivity index (χ2v) is 5.84. The third-order valence-corrected chi connectivity index (χ3v) is 4.37. The summed E-state index contributed by atoms with van der Waals surface area (Å²) in [4.78, 5) is 12.9. The molecule has 0 amide bonds. The molecule has 1 aromatic heterocycles. The fraction of sp³-hybridized carbons (Fsp3) is 0.278. The predicted molar refractivity (Wildman–Crippen MR) is 92.8 cm³/mol. The summed E-state index contributed by atoms with van der Waals surface area (Å²) in [5, 5.41) is 49.2. The average Bonchev–Trinajstić information content (AvgIpc) is 2.63. The topological polar surface area (TPSA) is 141 Å². The molecule has 2 aromatic carbocycles. The van der Waals surface area contributed by atoms with Gasteiger partial charge >= 0.3 is 0 Å². The fourth-order valence-electron chi connectivity index (χ4n) is 3.08. The summed E-state index contributed by atoms with van der Waals surface area (Å²) in [7, 11) is 1.30. The Balaban J connectivity index is 2.53. The number of methoxy groups -OCH3 is 1. The van der Waals surface area contributed by atoms with E-state index in [4.69, 9.17) is 9.15 Å². The number of rotatable bonds is 5. The van der Waals surface area contributed by atoms with Crippen LogP contribution in [-0.4, -0.2) is 52.0 Å². The first kappa shape index (κ1) is 18.0. The lowest BCUT2D eigenvalue weighted by molar-refractivity contribution is 0.0520. The molecule has 0 aliphatic carbocycles. The quantitative estimate of drug-likeness (QED) is 0.420. The molecule has 3 aromatic rings. The highest BCUT2D eigenvalue weighted by atomic mass is 16.5. The van der Waals surface area contributed by atoms with Crippen molar-refractivity contribution in [2.24, 2.45) is 0 Å².